The van der Waals surface area contributed by atoms with E-state index in [0.29, 0.717) is 19.3 Å². The molecule has 0 spiro atoms. The van der Waals surface area contributed by atoms with Gasteiger partial charge in [0, 0.05) is 19.3 Å². The van der Waals surface area contributed by atoms with Crippen molar-refractivity contribution in [2.75, 3.05) is 39.6 Å². The van der Waals surface area contributed by atoms with E-state index in [0.717, 1.165) is 167 Å². The van der Waals surface area contributed by atoms with Crippen LogP contribution in [0.2, 0.25) is 0 Å². The van der Waals surface area contributed by atoms with E-state index >= 15 is 0 Å². The lowest BCUT2D eigenvalue weighted by atomic mass is 10.1. The molecule has 18 heteroatoms. The van der Waals surface area contributed by atoms with Gasteiger partial charge in [-0.2, -0.15) is 0 Å². The lowest BCUT2D eigenvalue weighted by Crippen LogP contribution is -2.30. The molecular formula is C79H134O16P2. The summed E-state index contributed by atoms with van der Waals surface area (Å²) in [6, 6.07) is 0. The van der Waals surface area contributed by atoms with Gasteiger partial charge in [-0.3, -0.25) is 32.5 Å². The highest BCUT2D eigenvalue weighted by molar-refractivity contribution is 7.47. The summed E-state index contributed by atoms with van der Waals surface area (Å²) in [5.74, 6) is -1.61. The monoisotopic (exact) mass is 1400 g/mol. The van der Waals surface area contributed by atoms with E-state index in [9.17, 15) is 43.5 Å². The Morgan fingerprint density at radius 3 is 0.876 bits per heavy atom. The molecule has 0 aromatic carbocycles. The van der Waals surface area contributed by atoms with Gasteiger partial charge in [-0.05, 0) is 135 Å². The largest absolute Gasteiger partial charge is 0.472 e. The van der Waals surface area contributed by atoms with Crippen molar-refractivity contribution in [3.63, 3.8) is 0 Å². The van der Waals surface area contributed by atoms with Gasteiger partial charge in [0.15, 0.2) is 6.10 Å². The fourth-order valence-corrected chi connectivity index (χ4v) is 11.3. The number of allylic oxidation sites excluding steroid dienone is 22. The molecule has 0 rings (SSSR count). The quantitative estimate of drug-likeness (QED) is 0.0146. The number of aliphatic hydroxyl groups excluding tert-OH is 2. The second-order valence-electron chi connectivity index (χ2n) is 24.7. The van der Waals surface area contributed by atoms with Crippen LogP contribution in [0.15, 0.2) is 134 Å². The Labute approximate surface area is 588 Å². The topological polar surface area (TPSA) is 231 Å². The molecule has 16 nitrogen and oxygen atoms in total. The molecule has 4 N–H and O–H groups in total. The van der Waals surface area contributed by atoms with E-state index in [1.165, 1.54) is 64.2 Å². The Kier molecular flexibility index (Phi) is 68.3. The zero-order chi connectivity index (χ0) is 70.9. The summed E-state index contributed by atoms with van der Waals surface area (Å²) in [7, 11) is -9.80. The minimum absolute atomic E-state index is 0.0873. The smallest absolute Gasteiger partial charge is 0.463 e. The Hall–Kier alpha value is -4.31. The number of rotatable bonds is 70. The van der Waals surface area contributed by atoms with Crippen molar-refractivity contribution in [2.45, 2.75) is 309 Å². The van der Waals surface area contributed by atoms with Gasteiger partial charge in [0.05, 0.1) is 26.4 Å². The van der Waals surface area contributed by atoms with E-state index in [1.54, 1.807) is 0 Å². The van der Waals surface area contributed by atoms with Crippen LogP contribution in [0.3, 0.4) is 0 Å². The van der Waals surface area contributed by atoms with E-state index < -0.39 is 91.5 Å². The molecule has 5 atom stereocenters. The Morgan fingerprint density at radius 2 is 0.546 bits per heavy atom. The zero-order valence-corrected chi connectivity index (χ0v) is 62.2. The van der Waals surface area contributed by atoms with Crippen molar-refractivity contribution >= 4 is 33.6 Å². The van der Waals surface area contributed by atoms with Gasteiger partial charge in [-0.15, -0.1) is 0 Å². The van der Waals surface area contributed by atoms with Gasteiger partial charge in [0.25, 0.3) is 0 Å². The molecule has 556 valence electrons. The Morgan fingerprint density at radius 1 is 0.299 bits per heavy atom. The van der Waals surface area contributed by atoms with Crippen LogP contribution in [0.1, 0.15) is 290 Å². The van der Waals surface area contributed by atoms with Crippen LogP contribution in [0, 0.1) is 0 Å². The predicted molar refractivity (Wildman–Crippen MR) is 399 cm³/mol. The predicted octanol–water partition coefficient (Wildman–Crippen LogP) is 21.5. The number of ether oxygens (including phenoxy) is 3. The number of unbranched alkanes of at least 4 members (excludes halogenated alkanes) is 25. The van der Waals surface area contributed by atoms with Crippen molar-refractivity contribution in [3.8, 4) is 0 Å². The molecule has 0 aromatic heterocycles. The van der Waals surface area contributed by atoms with Crippen LogP contribution >= 0.6 is 15.6 Å². The fourth-order valence-electron chi connectivity index (χ4n) is 9.68. The van der Waals surface area contributed by atoms with Crippen LogP contribution in [-0.2, 0) is 55.8 Å². The van der Waals surface area contributed by atoms with Crippen LogP contribution in [0.4, 0.5) is 0 Å². The first kappa shape index (κ1) is 92.7. The number of aliphatic hydroxyl groups is 2. The summed E-state index contributed by atoms with van der Waals surface area (Å²) in [6.07, 6.45) is 84.9. The molecule has 0 amide bonds. The van der Waals surface area contributed by atoms with Crippen molar-refractivity contribution in [2.24, 2.45) is 0 Å². The highest BCUT2D eigenvalue weighted by Gasteiger charge is 2.29. The van der Waals surface area contributed by atoms with Gasteiger partial charge < -0.3 is 34.2 Å². The van der Waals surface area contributed by atoms with Crippen LogP contribution in [-0.4, -0.2) is 95.9 Å². The average molecular weight is 1400 g/mol. The number of carbonyl (C=O) groups is 3. The normalized spacial score (nSPS) is 14.8. The van der Waals surface area contributed by atoms with Gasteiger partial charge in [-0.25, -0.2) is 9.13 Å². The first-order valence-corrected chi connectivity index (χ1v) is 40.5. The maximum Gasteiger partial charge on any atom is 0.472 e. The summed E-state index contributed by atoms with van der Waals surface area (Å²) in [6.45, 7) is 2.41. The third-order valence-corrected chi connectivity index (χ3v) is 17.2. The number of phosphoric acid groups is 2. The molecule has 5 unspecified atom stereocenters. The minimum Gasteiger partial charge on any atom is -0.463 e. The molecule has 0 bridgehead atoms. The van der Waals surface area contributed by atoms with Gasteiger partial charge in [-0.1, -0.05) is 270 Å². The van der Waals surface area contributed by atoms with Crippen LogP contribution in [0.5, 0.6) is 0 Å². The summed E-state index contributed by atoms with van der Waals surface area (Å²) in [5, 5.41) is 20.6. The number of hydrogen-bond acceptors (Lipinski definition) is 14. The summed E-state index contributed by atoms with van der Waals surface area (Å²) in [5.41, 5.74) is 0. The van der Waals surface area contributed by atoms with Gasteiger partial charge in [0.1, 0.15) is 25.4 Å². The average Bonchev–Trinajstić information content (AvgIpc) is 1.82. The molecule has 0 saturated heterocycles. The van der Waals surface area contributed by atoms with E-state index in [1.807, 2.05) is 0 Å². The highest BCUT2D eigenvalue weighted by atomic mass is 31.2. The summed E-state index contributed by atoms with van der Waals surface area (Å²) < 4.78 is 61.0. The van der Waals surface area contributed by atoms with Gasteiger partial charge >= 0.3 is 33.6 Å². The third-order valence-electron chi connectivity index (χ3n) is 15.3. The molecule has 0 radical (unpaired) electrons. The maximum absolute atomic E-state index is 13.0. The lowest BCUT2D eigenvalue weighted by Gasteiger charge is -2.21. The first-order chi connectivity index (χ1) is 47.2. The fraction of sp³-hybridized carbons (Fsp3) is 0.684. The zero-order valence-electron chi connectivity index (χ0n) is 60.5. The Bertz CT molecular complexity index is 2300. The van der Waals surface area contributed by atoms with E-state index in [4.69, 9.17) is 32.3 Å². The SMILES string of the molecule is CC/C=C\C/C=C\C/C=C\C/C=C\C/C=C\CCCCCCCCCCCC(=O)OCC(O)COP(=O)(O)OCC(O)COP(=O)(O)OCC(COC(=O)CCCCCCC/C=C\C/C=C\C/C=C\C/C=C\C/C=C\CC)OC(=O)CCCCCCC/C=C\CCCCCCCC. The van der Waals surface area contributed by atoms with Gasteiger partial charge in [0.2, 0.25) is 0 Å². The number of esters is 3. The summed E-state index contributed by atoms with van der Waals surface area (Å²) >= 11 is 0. The molecule has 0 heterocycles. The minimum atomic E-state index is -4.94. The molecule has 0 aromatic rings. The van der Waals surface area contributed by atoms with Crippen molar-refractivity contribution in [1.82, 2.24) is 0 Å². The molecule has 0 saturated carbocycles. The van der Waals surface area contributed by atoms with Crippen molar-refractivity contribution in [3.05, 3.63) is 134 Å². The highest BCUT2D eigenvalue weighted by Crippen LogP contribution is 2.45. The third kappa shape index (κ3) is 72.8. The molecule has 97 heavy (non-hydrogen) atoms. The second kappa shape index (κ2) is 71.5. The van der Waals surface area contributed by atoms with E-state index in [-0.39, 0.29) is 19.3 Å². The second-order valence-corrected chi connectivity index (χ2v) is 27.6. The number of hydrogen-bond donors (Lipinski definition) is 4. The summed E-state index contributed by atoms with van der Waals surface area (Å²) in [4.78, 5) is 58.6. The first-order valence-electron chi connectivity index (χ1n) is 37.5. The van der Waals surface area contributed by atoms with Crippen molar-refractivity contribution in [1.29, 1.82) is 0 Å². The molecule has 0 fully saturated rings. The molecule has 0 aliphatic carbocycles. The van der Waals surface area contributed by atoms with Crippen molar-refractivity contribution < 1.29 is 75.8 Å². The number of phosphoric ester groups is 2. The number of carbonyl (C=O) groups excluding carboxylic acids is 3. The maximum atomic E-state index is 13.0. The molecule has 0 aliphatic rings. The molecule has 0 aliphatic heterocycles. The standard InChI is InChI=1S/C79H134O16P2/c1-4-7-10-13-16-19-22-25-28-30-32-34-35-36-37-39-41-42-45-47-50-53-56-59-62-65-77(82)89-68-74(80)69-91-96(85,86)92-70-75(81)71-93-97(87,88)94-73-76(95-79(84)67-64-61-58-55-52-49-44-27-24-21-18-15-12-9-6-3)72-90-78(83)66-63-60-57-54-51-48-46-43-40-38-33-31-29-26-23-20-17-14-11-8-5-2/h7-8,10-11,16-17,19-20,25-29,32-34,36-38,43-44,46,74-76,80-81H,4-6,9,12-15,18,21-24,30-31,35,39-42,45,47-73H2,1-3H3,(H,85,86)(H,87,88)/b10-7-,11-8-,19-16-,20-17-,28-25-,29-26-,34-32-,37-36-,38-33-,44-27-,46-43-. The lowest BCUT2D eigenvalue weighted by molar-refractivity contribution is -0.161. The van der Waals surface area contributed by atoms with E-state index in [2.05, 4.69) is 154 Å². The van der Waals surface area contributed by atoms with Crippen LogP contribution < -0.4 is 0 Å². The van der Waals surface area contributed by atoms with Crippen LogP contribution in [0.25, 0.3) is 0 Å². The Balaban J connectivity index is 4.63. The molecular weight excluding hydrogens is 1270 g/mol.